The zero-order valence-electron chi connectivity index (χ0n) is 11.4. The van der Waals surface area contributed by atoms with Gasteiger partial charge in [0, 0.05) is 13.1 Å². The van der Waals surface area contributed by atoms with Gasteiger partial charge < -0.3 is 10.0 Å². The second kappa shape index (κ2) is 6.12. The summed E-state index contributed by atoms with van der Waals surface area (Å²) in [6.07, 6.45) is 1.86. The van der Waals surface area contributed by atoms with Gasteiger partial charge in [0.25, 0.3) is 10.0 Å². The smallest absolute Gasteiger partial charge is 0.345 e. The van der Waals surface area contributed by atoms with E-state index in [0.29, 0.717) is 24.4 Å². The minimum Gasteiger partial charge on any atom is -0.477 e. The first-order chi connectivity index (χ1) is 9.81. The van der Waals surface area contributed by atoms with E-state index in [2.05, 4.69) is 4.72 Å². The van der Waals surface area contributed by atoms with Gasteiger partial charge in [0.05, 0.1) is 6.04 Å². The number of aromatic carboxylic acids is 1. The molecule has 2 rings (SSSR count). The predicted octanol–water partition coefficient (Wildman–Crippen LogP) is 0.736. The quantitative estimate of drug-likeness (QED) is 0.827. The first-order valence-electron chi connectivity index (χ1n) is 6.45. The number of likely N-dealkylation sites (tertiary alicyclic amines) is 1. The second-order valence-corrected chi connectivity index (χ2v) is 7.82. The number of carboxylic acids is 1. The van der Waals surface area contributed by atoms with Crippen LogP contribution >= 0.6 is 11.3 Å². The molecule has 1 aromatic heterocycles. The van der Waals surface area contributed by atoms with Gasteiger partial charge in [-0.1, -0.05) is 0 Å². The summed E-state index contributed by atoms with van der Waals surface area (Å²) in [6.45, 7) is 2.78. The molecule has 1 aliphatic rings. The summed E-state index contributed by atoms with van der Waals surface area (Å²) < 4.78 is 26.5. The van der Waals surface area contributed by atoms with Crippen molar-refractivity contribution in [1.29, 1.82) is 0 Å². The largest absolute Gasteiger partial charge is 0.477 e. The number of carbonyl (C=O) groups excluding carboxylic acids is 1. The van der Waals surface area contributed by atoms with E-state index in [1.165, 1.54) is 19.1 Å². The second-order valence-electron chi connectivity index (χ2n) is 4.80. The van der Waals surface area contributed by atoms with Crippen molar-refractivity contribution in [1.82, 2.24) is 9.62 Å². The van der Waals surface area contributed by atoms with Crippen molar-refractivity contribution in [3.05, 3.63) is 17.0 Å². The number of nitrogens with zero attached hydrogens (tertiary/aromatic N) is 1. The van der Waals surface area contributed by atoms with Crippen molar-refractivity contribution in [3.63, 3.8) is 0 Å². The van der Waals surface area contributed by atoms with E-state index >= 15 is 0 Å². The average Bonchev–Trinajstić information content (AvgIpc) is 3.08. The van der Waals surface area contributed by atoms with Crippen LogP contribution in [-0.4, -0.2) is 49.4 Å². The molecule has 2 heterocycles. The number of sulfonamides is 1. The molecule has 0 bridgehead atoms. The average molecular weight is 332 g/mol. The summed E-state index contributed by atoms with van der Waals surface area (Å²) in [5, 5.41) is 8.81. The van der Waals surface area contributed by atoms with Crippen molar-refractivity contribution in [3.8, 4) is 0 Å². The molecule has 0 radical (unpaired) electrons. The third kappa shape index (κ3) is 3.60. The summed E-state index contributed by atoms with van der Waals surface area (Å²) >= 11 is 0.659. The van der Waals surface area contributed by atoms with Crippen molar-refractivity contribution in [2.24, 2.45) is 0 Å². The number of hydrogen-bond acceptors (Lipinski definition) is 5. The van der Waals surface area contributed by atoms with Crippen LogP contribution in [0.4, 0.5) is 0 Å². The van der Waals surface area contributed by atoms with Crippen LogP contribution < -0.4 is 4.72 Å². The van der Waals surface area contributed by atoms with E-state index < -0.39 is 22.0 Å². The van der Waals surface area contributed by atoms with Crippen LogP contribution in [0.2, 0.25) is 0 Å². The summed E-state index contributed by atoms with van der Waals surface area (Å²) in [6, 6.07) is 1.58. The van der Waals surface area contributed by atoms with Crippen LogP contribution in [0.3, 0.4) is 0 Å². The van der Waals surface area contributed by atoms with E-state index in [9.17, 15) is 18.0 Å². The Balaban J connectivity index is 2.08. The molecule has 0 saturated carbocycles. The molecule has 21 heavy (non-hydrogen) atoms. The van der Waals surface area contributed by atoms with E-state index in [1.54, 1.807) is 4.90 Å². The summed E-state index contributed by atoms with van der Waals surface area (Å²) in [5.74, 6) is -1.44. The topological polar surface area (TPSA) is 104 Å². The molecule has 116 valence electrons. The van der Waals surface area contributed by atoms with E-state index in [4.69, 9.17) is 5.11 Å². The van der Waals surface area contributed by atoms with Crippen molar-refractivity contribution >= 4 is 33.2 Å². The maximum Gasteiger partial charge on any atom is 0.345 e. The monoisotopic (exact) mass is 332 g/mol. The SMILES string of the molecule is CC(NS(=O)(=O)c1ccc(C(=O)O)s1)C(=O)N1CCCC1. The van der Waals surface area contributed by atoms with Gasteiger partial charge in [-0.15, -0.1) is 11.3 Å². The summed E-state index contributed by atoms with van der Waals surface area (Å²) in [7, 11) is -3.89. The Morgan fingerprint density at radius 1 is 1.33 bits per heavy atom. The number of amides is 1. The number of hydrogen-bond donors (Lipinski definition) is 2. The molecular formula is C12H16N2O5S2. The van der Waals surface area contributed by atoms with Crippen LogP contribution in [0.15, 0.2) is 16.3 Å². The molecule has 2 N–H and O–H groups in total. The van der Waals surface area contributed by atoms with Gasteiger partial charge in [-0.3, -0.25) is 4.79 Å². The third-order valence-electron chi connectivity index (χ3n) is 3.18. The standard InChI is InChI=1S/C12H16N2O5S2/c1-8(11(15)14-6-2-3-7-14)13-21(18,19)10-5-4-9(20-10)12(16)17/h4-5,8,13H,2-3,6-7H2,1H3,(H,16,17). The molecule has 9 heteroatoms. The fourth-order valence-corrected chi connectivity index (χ4v) is 4.49. The minimum absolute atomic E-state index is 0.0612. The number of carboxylic acid groups (broad SMARTS) is 1. The Morgan fingerprint density at radius 2 is 1.95 bits per heavy atom. The molecule has 1 unspecified atom stereocenters. The predicted molar refractivity (Wildman–Crippen MR) is 76.9 cm³/mol. The Kier molecular flexibility index (Phi) is 4.64. The van der Waals surface area contributed by atoms with Crippen molar-refractivity contribution in [2.75, 3.05) is 13.1 Å². The van der Waals surface area contributed by atoms with E-state index in [0.717, 1.165) is 12.8 Å². The Bertz CT molecular complexity index is 646. The third-order valence-corrected chi connectivity index (χ3v) is 6.28. The molecular weight excluding hydrogens is 316 g/mol. The molecule has 1 atom stereocenters. The van der Waals surface area contributed by atoms with Crippen molar-refractivity contribution < 1.29 is 23.1 Å². The lowest BCUT2D eigenvalue weighted by Gasteiger charge is -2.20. The molecule has 1 aromatic rings. The fraction of sp³-hybridized carbons (Fsp3) is 0.500. The lowest BCUT2D eigenvalue weighted by molar-refractivity contribution is -0.131. The highest BCUT2D eigenvalue weighted by molar-refractivity contribution is 7.91. The summed E-state index contributed by atoms with van der Waals surface area (Å²) in [4.78, 5) is 24.4. The molecule has 1 fully saturated rings. The van der Waals surface area contributed by atoms with Crippen LogP contribution in [0.5, 0.6) is 0 Å². The first-order valence-corrected chi connectivity index (χ1v) is 8.75. The molecule has 0 aromatic carbocycles. The van der Waals surface area contributed by atoms with Gasteiger partial charge in [-0.25, -0.2) is 13.2 Å². The van der Waals surface area contributed by atoms with E-state index in [1.807, 2.05) is 0 Å². The van der Waals surface area contributed by atoms with Gasteiger partial charge >= 0.3 is 5.97 Å². The minimum atomic E-state index is -3.89. The maximum atomic E-state index is 12.1. The first kappa shape index (κ1) is 15.9. The van der Waals surface area contributed by atoms with Crippen LogP contribution in [0.25, 0.3) is 0 Å². The maximum absolute atomic E-state index is 12.1. The molecule has 7 nitrogen and oxygen atoms in total. The van der Waals surface area contributed by atoms with Gasteiger partial charge in [0.15, 0.2) is 0 Å². The van der Waals surface area contributed by atoms with Crippen LogP contribution in [0, 0.1) is 0 Å². The lowest BCUT2D eigenvalue weighted by atomic mass is 10.3. The highest BCUT2D eigenvalue weighted by Crippen LogP contribution is 2.22. The Morgan fingerprint density at radius 3 is 2.48 bits per heavy atom. The fourth-order valence-electron chi connectivity index (χ4n) is 2.13. The molecule has 1 saturated heterocycles. The Labute approximate surface area is 126 Å². The van der Waals surface area contributed by atoms with Gasteiger partial charge in [-0.2, -0.15) is 4.72 Å². The highest BCUT2D eigenvalue weighted by atomic mass is 32.2. The number of thiophene rings is 1. The van der Waals surface area contributed by atoms with Crippen molar-refractivity contribution in [2.45, 2.75) is 30.0 Å². The van der Waals surface area contributed by atoms with Crippen LogP contribution in [0.1, 0.15) is 29.4 Å². The summed E-state index contributed by atoms with van der Waals surface area (Å²) in [5.41, 5.74) is 0. The zero-order chi connectivity index (χ0) is 15.6. The zero-order valence-corrected chi connectivity index (χ0v) is 13.0. The van der Waals surface area contributed by atoms with E-state index in [-0.39, 0.29) is 15.0 Å². The van der Waals surface area contributed by atoms with Gasteiger partial charge in [-0.05, 0) is 31.9 Å². The molecule has 0 aliphatic carbocycles. The number of nitrogens with one attached hydrogen (secondary N) is 1. The highest BCUT2D eigenvalue weighted by Gasteiger charge is 2.28. The molecule has 0 spiro atoms. The Hall–Kier alpha value is -1.45. The van der Waals surface area contributed by atoms with Gasteiger partial charge in [0.2, 0.25) is 5.91 Å². The molecule has 1 amide bonds. The van der Waals surface area contributed by atoms with Gasteiger partial charge in [0.1, 0.15) is 9.09 Å². The molecule has 1 aliphatic heterocycles. The normalized spacial score (nSPS) is 16.9. The van der Waals surface area contributed by atoms with Crippen LogP contribution in [-0.2, 0) is 14.8 Å². The lowest BCUT2D eigenvalue weighted by Crippen LogP contribution is -2.45. The number of carbonyl (C=O) groups is 2. The number of rotatable bonds is 5.